The lowest BCUT2D eigenvalue weighted by molar-refractivity contribution is 0.0967. The fourth-order valence-corrected chi connectivity index (χ4v) is 2.40. The third-order valence-electron chi connectivity index (χ3n) is 2.40. The molecule has 0 unspecified atom stereocenters. The zero-order valence-corrected chi connectivity index (χ0v) is 10.8. The molecule has 0 fully saturated rings. The van der Waals surface area contributed by atoms with Gasteiger partial charge in [0.2, 0.25) is 0 Å². The normalized spacial score (nSPS) is 10.7. The number of furan rings is 1. The van der Waals surface area contributed by atoms with Crippen molar-refractivity contribution in [3.05, 3.63) is 23.3 Å². The van der Waals surface area contributed by atoms with Crippen molar-refractivity contribution in [3.63, 3.8) is 0 Å². The number of ketones is 1. The number of carbonyl (C=O) groups excluding carboxylic acids is 1. The van der Waals surface area contributed by atoms with Gasteiger partial charge in [-0.25, -0.2) is 4.98 Å². The zero-order valence-electron chi connectivity index (χ0n) is 10.0. The smallest absolute Gasteiger partial charge is 0.181 e. The molecule has 0 aliphatic carbocycles. The van der Waals surface area contributed by atoms with Gasteiger partial charge < -0.3 is 14.9 Å². The highest BCUT2D eigenvalue weighted by atomic mass is 32.1. The molecular formula is C12H14N2O3S. The highest BCUT2D eigenvalue weighted by molar-refractivity contribution is 7.17. The quantitative estimate of drug-likeness (QED) is 0.642. The van der Waals surface area contributed by atoms with Crippen molar-refractivity contribution in [2.24, 2.45) is 0 Å². The molecule has 0 bridgehead atoms. The Balaban J connectivity index is 2.20. The van der Waals surface area contributed by atoms with Crippen LogP contribution >= 0.6 is 11.3 Å². The Labute approximate surface area is 109 Å². The van der Waals surface area contributed by atoms with Crippen LogP contribution in [0.1, 0.15) is 22.5 Å². The Morgan fingerprint density at radius 1 is 1.61 bits per heavy atom. The number of thiazole rings is 1. The van der Waals surface area contributed by atoms with Gasteiger partial charge >= 0.3 is 0 Å². The van der Waals surface area contributed by atoms with Crippen molar-refractivity contribution < 1.29 is 13.9 Å². The van der Waals surface area contributed by atoms with E-state index in [2.05, 4.69) is 4.98 Å². The summed E-state index contributed by atoms with van der Waals surface area (Å²) in [4.78, 5) is 16.8. The minimum Gasteiger partial charge on any atom is -0.463 e. The average molecular weight is 266 g/mol. The summed E-state index contributed by atoms with van der Waals surface area (Å²) in [5.74, 6) is 0.589. The molecule has 0 spiro atoms. The molecule has 0 aliphatic rings. The van der Waals surface area contributed by atoms with E-state index < -0.39 is 0 Å². The molecule has 0 radical (unpaired) electrons. The molecule has 0 aliphatic heterocycles. The maximum atomic E-state index is 12.1. The SMILES string of the molecule is COCCCC(=O)c1sc(N)nc1-c1ccco1. The van der Waals surface area contributed by atoms with E-state index >= 15 is 0 Å². The Morgan fingerprint density at radius 3 is 3.11 bits per heavy atom. The van der Waals surface area contributed by atoms with Gasteiger partial charge in [-0.3, -0.25) is 4.79 Å². The summed E-state index contributed by atoms with van der Waals surface area (Å²) in [6.07, 6.45) is 2.65. The molecule has 18 heavy (non-hydrogen) atoms. The van der Waals surface area contributed by atoms with E-state index in [1.54, 1.807) is 25.5 Å². The number of hydrogen-bond donors (Lipinski definition) is 1. The lowest BCUT2D eigenvalue weighted by Gasteiger charge is -1.99. The van der Waals surface area contributed by atoms with E-state index in [4.69, 9.17) is 14.9 Å². The fourth-order valence-electron chi connectivity index (χ4n) is 1.60. The number of hydrogen-bond acceptors (Lipinski definition) is 6. The number of aromatic nitrogens is 1. The number of nitrogen functional groups attached to an aromatic ring is 1. The average Bonchev–Trinajstić information content (AvgIpc) is 2.97. The molecule has 0 aromatic carbocycles. The van der Waals surface area contributed by atoms with Gasteiger partial charge in [0.25, 0.3) is 0 Å². The van der Waals surface area contributed by atoms with Crippen LogP contribution < -0.4 is 5.73 Å². The van der Waals surface area contributed by atoms with Crippen molar-refractivity contribution in [2.75, 3.05) is 19.5 Å². The Kier molecular flexibility index (Phi) is 4.11. The van der Waals surface area contributed by atoms with Crippen LogP contribution in [0.4, 0.5) is 5.13 Å². The molecule has 6 heteroatoms. The summed E-state index contributed by atoms with van der Waals surface area (Å²) in [5, 5.41) is 0.372. The van der Waals surface area contributed by atoms with Gasteiger partial charge in [-0.2, -0.15) is 0 Å². The van der Waals surface area contributed by atoms with Gasteiger partial charge in [0.05, 0.1) is 6.26 Å². The lowest BCUT2D eigenvalue weighted by atomic mass is 10.1. The number of rotatable bonds is 6. The molecule has 2 heterocycles. The fraction of sp³-hybridized carbons (Fsp3) is 0.333. The molecule has 5 nitrogen and oxygen atoms in total. The van der Waals surface area contributed by atoms with E-state index in [1.807, 2.05) is 0 Å². The minimum absolute atomic E-state index is 0.0210. The summed E-state index contributed by atoms with van der Waals surface area (Å²) in [5.41, 5.74) is 6.20. The third kappa shape index (κ3) is 2.77. The summed E-state index contributed by atoms with van der Waals surface area (Å²) in [7, 11) is 1.61. The number of ether oxygens (including phenoxy) is 1. The van der Waals surface area contributed by atoms with Gasteiger partial charge in [-0.1, -0.05) is 11.3 Å². The van der Waals surface area contributed by atoms with Crippen molar-refractivity contribution in [1.82, 2.24) is 4.98 Å². The first-order valence-electron chi connectivity index (χ1n) is 5.54. The molecule has 0 saturated carbocycles. The second-order valence-corrected chi connectivity index (χ2v) is 4.76. The first-order valence-corrected chi connectivity index (χ1v) is 6.36. The number of nitrogens with zero attached hydrogens (tertiary/aromatic N) is 1. The highest BCUT2D eigenvalue weighted by Gasteiger charge is 2.19. The van der Waals surface area contributed by atoms with Crippen LogP contribution in [0.3, 0.4) is 0 Å². The van der Waals surface area contributed by atoms with Gasteiger partial charge in [-0.15, -0.1) is 0 Å². The Bertz CT molecular complexity index is 519. The first kappa shape index (κ1) is 12.8. The van der Waals surface area contributed by atoms with Crippen LogP contribution in [0.2, 0.25) is 0 Å². The molecule has 2 N–H and O–H groups in total. The first-order chi connectivity index (χ1) is 8.72. The van der Waals surface area contributed by atoms with E-state index in [9.17, 15) is 4.79 Å². The zero-order chi connectivity index (χ0) is 13.0. The van der Waals surface area contributed by atoms with Crippen molar-refractivity contribution in [2.45, 2.75) is 12.8 Å². The highest BCUT2D eigenvalue weighted by Crippen LogP contribution is 2.31. The summed E-state index contributed by atoms with van der Waals surface area (Å²) >= 11 is 1.20. The second kappa shape index (κ2) is 5.79. The van der Waals surface area contributed by atoms with E-state index in [0.717, 1.165) is 0 Å². The molecule has 2 aromatic heterocycles. The van der Waals surface area contributed by atoms with Crippen LogP contribution in [-0.2, 0) is 4.74 Å². The molecular weight excluding hydrogens is 252 g/mol. The van der Waals surface area contributed by atoms with Crippen molar-refractivity contribution >= 4 is 22.3 Å². The predicted octanol–water partition coefficient (Wildman–Crippen LogP) is 2.59. The maximum Gasteiger partial charge on any atom is 0.181 e. The van der Waals surface area contributed by atoms with Gasteiger partial charge in [0, 0.05) is 20.1 Å². The molecule has 2 aromatic rings. The van der Waals surface area contributed by atoms with Crippen LogP contribution in [0.5, 0.6) is 0 Å². The number of Topliss-reactive ketones (excluding diaryl/α,β-unsaturated/α-hetero) is 1. The van der Waals surface area contributed by atoms with Crippen molar-refractivity contribution in [3.8, 4) is 11.5 Å². The number of anilines is 1. The van der Waals surface area contributed by atoms with Gasteiger partial charge in [0.1, 0.15) is 10.6 Å². The standard InChI is InChI=1S/C12H14N2O3S/c1-16-6-2-4-8(15)11-10(14-12(13)18-11)9-5-3-7-17-9/h3,5,7H,2,4,6H2,1H3,(H2,13,14). The Hall–Kier alpha value is -1.66. The van der Waals surface area contributed by atoms with E-state index in [-0.39, 0.29) is 5.78 Å². The molecule has 0 amide bonds. The molecule has 2 rings (SSSR count). The number of nitrogens with two attached hydrogens (primary N) is 1. The minimum atomic E-state index is 0.0210. The lowest BCUT2D eigenvalue weighted by Crippen LogP contribution is -2.00. The summed E-state index contributed by atoms with van der Waals surface area (Å²) in [6.45, 7) is 0.566. The monoisotopic (exact) mass is 266 g/mol. The summed E-state index contributed by atoms with van der Waals surface area (Å²) in [6, 6.07) is 3.52. The Morgan fingerprint density at radius 2 is 2.44 bits per heavy atom. The third-order valence-corrected chi connectivity index (χ3v) is 3.33. The topological polar surface area (TPSA) is 78.4 Å². The van der Waals surface area contributed by atoms with Crippen LogP contribution in [0.25, 0.3) is 11.5 Å². The summed E-state index contributed by atoms with van der Waals surface area (Å²) < 4.78 is 10.2. The number of carbonyl (C=O) groups is 1. The van der Waals surface area contributed by atoms with Crippen molar-refractivity contribution in [1.29, 1.82) is 0 Å². The van der Waals surface area contributed by atoms with Gasteiger partial charge in [-0.05, 0) is 18.6 Å². The van der Waals surface area contributed by atoms with Crippen LogP contribution in [0, 0.1) is 0 Å². The van der Waals surface area contributed by atoms with Crippen LogP contribution in [-0.4, -0.2) is 24.5 Å². The second-order valence-electron chi connectivity index (χ2n) is 3.73. The predicted molar refractivity (Wildman–Crippen MR) is 69.7 cm³/mol. The molecule has 0 atom stereocenters. The number of methoxy groups -OCH3 is 1. The van der Waals surface area contributed by atoms with E-state index in [1.165, 1.54) is 11.3 Å². The van der Waals surface area contributed by atoms with E-state index in [0.29, 0.717) is 40.9 Å². The van der Waals surface area contributed by atoms with Gasteiger partial charge in [0.15, 0.2) is 16.7 Å². The van der Waals surface area contributed by atoms with Crippen LogP contribution in [0.15, 0.2) is 22.8 Å². The molecule has 96 valence electrons. The largest absolute Gasteiger partial charge is 0.463 e. The molecule has 0 saturated heterocycles. The maximum absolute atomic E-state index is 12.1.